The molecule has 0 spiro atoms. The molecule has 0 aromatic heterocycles. The lowest BCUT2D eigenvalue weighted by molar-refractivity contribution is -0.124. The highest BCUT2D eigenvalue weighted by molar-refractivity contribution is 7.80. The maximum atomic E-state index is 14.7. The molecule has 0 radical (unpaired) electrons. The zero-order valence-electron chi connectivity index (χ0n) is 16.7. The Labute approximate surface area is 181 Å². The van der Waals surface area contributed by atoms with E-state index >= 15 is 0 Å². The highest BCUT2D eigenvalue weighted by atomic mass is 32.1. The molecule has 5 rings (SSSR count). The molecule has 30 heavy (non-hydrogen) atoms. The molecule has 2 aromatic carbocycles. The number of fused-ring (bicyclic) bond motifs is 5. The van der Waals surface area contributed by atoms with Gasteiger partial charge in [0.05, 0.1) is 12.1 Å². The lowest BCUT2D eigenvalue weighted by Gasteiger charge is -2.23. The molecule has 1 heterocycles. The van der Waals surface area contributed by atoms with E-state index in [1.807, 2.05) is 30.3 Å². The van der Waals surface area contributed by atoms with Crippen LogP contribution in [0.1, 0.15) is 18.9 Å². The number of nitrogens with zero attached hydrogens (tertiary/aromatic N) is 1. The van der Waals surface area contributed by atoms with Crippen molar-refractivity contribution in [2.24, 2.45) is 23.7 Å². The zero-order valence-corrected chi connectivity index (χ0v) is 17.6. The van der Waals surface area contributed by atoms with Crippen LogP contribution < -0.4 is 10.6 Å². The van der Waals surface area contributed by atoms with Gasteiger partial charge in [-0.3, -0.25) is 4.79 Å². The van der Waals surface area contributed by atoms with E-state index in [2.05, 4.69) is 36.3 Å². The van der Waals surface area contributed by atoms with Crippen molar-refractivity contribution >= 4 is 18.5 Å². The third-order valence-corrected chi connectivity index (χ3v) is 7.56. The molecule has 154 valence electrons. The summed E-state index contributed by atoms with van der Waals surface area (Å²) in [6.45, 7) is 2.26. The predicted molar refractivity (Wildman–Crippen MR) is 115 cm³/mol. The van der Waals surface area contributed by atoms with Crippen molar-refractivity contribution in [3.63, 3.8) is 0 Å². The minimum Gasteiger partial charge on any atom is -0.339 e. The lowest BCUT2D eigenvalue weighted by atomic mass is 9.94. The molecule has 2 saturated carbocycles. The SMILES string of the molecule is CC1C2C3CC(C(C(=O)N[C@H](C#N)Cc4ccc(-c5ccc(S)cc5)cc4F)N3)C12. The Hall–Kier alpha value is -2.36. The first-order valence-electron chi connectivity index (χ1n) is 10.5. The number of rotatable bonds is 5. The standard InChI is InChI=1S/C24H24FN3OS/c1-12-21-18-10-20(22(12)21)28-23(18)24(29)27-16(11-26)8-15-3-2-14(9-19(15)25)13-4-6-17(30)7-5-13/h2-7,9,12,16,18,20-23,28,30H,8,10H2,1H3,(H,27,29)/t12?,16-,18?,20?,21?,22?,23?/m0/s1. The fourth-order valence-corrected chi connectivity index (χ4v) is 5.91. The molecule has 1 amide bonds. The molecule has 7 atom stereocenters. The highest BCUT2D eigenvalue weighted by Crippen LogP contribution is 2.64. The second-order valence-electron chi connectivity index (χ2n) is 8.91. The third-order valence-electron chi connectivity index (χ3n) is 7.26. The molecule has 6 heteroatoms. The summed E-state index contributed by atoms with van der Waals surface area (Å²) >= 11 is 4.27. The van der Waals surface area contributed by atoms with Gasteiger partial charge in [0.1, 0.15) is 11.9 Å². The van der Waals surface area contributed by atoms with Crippen LogP contribution in [0.25, 0.3) is 11.1 Å². The van der Waals surface area contributed by atoms with Crippen LogP contribution in [0, 0.1) is 40.8 Å². The Balaban J connectivity index is 1.25. The smallest absolute Gasteiger partial charge is 0.238 e. The van der Waals surface area contributed by atoms with Gasteiger partial charge in [0, 0.05) is 17.4 Å². The molecule has 6 unspecified atom stereocenters. The van der Waals surface area contributed by atoms with Gasteiger partial charge in [0.25, 0.3) is 0 Å². The highest BCUT2D eigenvalue weighted by Gasteiger charge is 2.67. The first-order chi connectivity index (χ1) is 14.5. The summed E-state index contributed by atoms with van der Waals surface area (Å²) in [5.74, 6) is 1.94. The van der Waals surface area contributed by atoms with Crippen LogP contribution in [0.4, 0.5) is 4.39 Å². The van der Waals surface area contributed by atoms with Crippen molar-refractivity contribution < 1.29 is 9.18 Å². The minimum atomic E-state index is -0.755. The number of piperidine rings is 1. The molecule has 1 aliphatic heterocycles. The molecule has 1 saturated heterocycles. The molecular formula is C24H24FN3OS. The van der Waals surface area contributed by atoms with Crippen molar-refractivity contribution in [3.8, 4) is 17.2 Å². The number of carbonyl (C=O) groups is 1. The van der Waals surface area contributed by atoms with Gasteiger partial charge in [-0.1, -0.05) is 31.2 Å². The van der Waals surface area contributed by atoms with Crippen LogP contribution in [0.5, 0.6) is 0 Å². The molecule has 3 fully saturated rings. The predicted octanol–water partition coefficient (Wildman–Crippen LogP) is 3.57. The van der Waals surface area contributed by atoms with Gasteiger partial charge in [-0.05, 0) is 65.0 Å². The first-order valence-corrected chi connectivity index (χ1v) is 10.9. The van der Waals surface area contributed by atoms with E-state index in [9.17, 15) is 14.4 Å². The summed E-state index contributed by atoms with van der Waals surface area (Å²) in [5, 5.41) is 15.8. The molecular weight excluding hydrogens is 397 g/mol. The summed E-state index contributed by atoms with van der Waals surface area (Å²) in [4.78, 5) is 13.6. The van der Waals surface area contributed by atoms with E-state index in [0.717, 1.165) is 28.4 Å². The van der Waals surface area contributed by atoms with Gasteiger partial charge in [-0.15, -0.1) is 12.6 Å². The van der Waals surface area contributed by atoms with Crippen LogP contribution in [0.3, 0.4) is 0 Å². The van der Waals surface area contributed by atoms with E-state index in [1.54, 1.807) is 6.07 Å². The molecule has 4 nitrogen and oxygen atoms in total. The Kier molecular flexibility index (Phi) is 4.83. The topological polar surface area (TPSA) is 64.9 Å². The maximum absolute atomic E-state index is 14.7. The van der Waals surface area contributed by atoms with Crippen LogP contribution in [-0.4, -0.2) is 24.0 Å². The van der Waals surface area contributed by atoms with Crippen LogP contribution in [0.2, 0.25) is 0 Å². The van der Waals surface area contributed by atoms with Crippen molar-refractivity contribution in [2.75, 3.05) is 0 Å². The van der Waals surface area contributed by atoms with Gasteiger partial charge in [-0.2, -0.15) is 5.26 Å². The molecule has 2 N–H and O–H groups in total. The Bertz CT molecular complexity index is 1030. The van der Waals surface area contributed by atoms with E-state index in [-0.39, 0.29) is 24.2 Å². The van der Waals surface area contributed by atoms with Crippen molar-refractivity contribution in [1.82, 2.24) is 10.6 Å². The van der Waals surface area contributed by atoms with Gasteiger partial charge < -0.3 is 10.6 Å². The fourth-order valence-electron chi connectivity index (χ4n) is 5.76. The second-order valence-corrected chi connectivity index (χ2v) is 9.43. The quantitative estimate of drug-likeness (QED) is 0.647. The number of hydrogen-bond acceptors (Lipinski definition) is 4. The summed E-state index contributed by atoms with van der Waals surface area (Å²) in [7, 11) is 0. The summed E-state index contributed by atoms with van der Waals surface area (Å²) in [6, 6.07) is 14.1. The Morgan fingerprint density at radius 2 is 2.00 bits per heavy atom. The number of amides is 1. The van der Waals surface area contributed by atoms with Crippen LogP contribution >= 0.6 is 12.6 Å². The largest absolute Gasteiger partial charge is 0.339 e. The van der Waals surface area contributed by atoms with Gasteiger partial charge in [-0.25, -0.2) is 4.39 Å². The number of hydrogen-bond donors (Lipinski definition) is 3. The number of nitriles is 1. The average molecular weight is 422 g/mol. The number of halogens is 1. The Morgan fingerprint density at radius 1 is 1.27 bits per heavy atom. The summed E-state index contributed by atoms with van der Waals surface area (Å²) in [6.07, 6.45) is 1.20. The number of benzene rings is 2. The van der Waals surface area contributed by atoms with Crippen molar-refractivity contribution in [2.45, 2.75) is 42.8 Å². The van der Waals surface area contributed by atoms with Crippen LogP contribution in [-0.2, 0) is 11.2 Å². The van der Waals surface area contributed by atoms with Crippen molar-refractivity contribution in [1.29, 1.82) is 5.26 Å². The van der Waals surface area contributed by atoms with Gasteiger partial charge in [0.15, 0.2) is 0 Å². The summed E-state index contributed by atoms with van der Waals surface area (Å²) < 4.78 is 14.7. The van der Waals surface area contributed by atoms with Crippen LogP contribution in [0.15, 0.2) is 47.4 Å². The van der Waals surface area contributed by atoms with Gasteiger partial charge >= 0.3 is 0 Å². The number of nitrogens with one attached hydrogen (secondary N) is 2. The van der Waals surface area contributed by atoms with E-state index in [4.69, 9.17) is 0 Å². The maximum Gasteiger partial charge on any atom is 0.238 e. The third kappa shape index (κ3) is 3.30. The second kappa shape index (κ2) is 7.40. The zero-order chi connectivity index (χ0) is 21.0. The van der Waals surface area contributed by atoms with E-state index in [1.165, 1.54) is 6.07 Å². The van der Waals surface area contributed by atoms with E-state index < -0.39 is 6.04 Å². The lowest BCUT2D eigenvalue weighted by Crippen LogP contribution is -2.51. The normalized spacial score (nSPS) is 31.7. The minimum absolute atomic E-state index is 0.129. The monoisotopic (exact) mass is 421 g/mol. The molecule has 2 aliphatic carbocycles. The van der Waals surface area contributed by atoms with Gasteiger partial charge in [0.2, 0.25) is 5.91 Å². The summed E-state index contributed by atoms with van der Waals surface area (Å²) in [5.41, 5.74) is 2.09. The average Bonchev–Trinajstić information content (AvgIpc) is 3.10. The van der Waals surface area contributed by atoms with E-state index in [0.29, 0.717) is 29.4 Å². The fraction of sp³-hybridized carbons (Fsp3) is 0.417. The molecule has 2 bridgehead atoms. The van der Waals surface area contributed by atoms with Crippen molar-refractivity contribution in [3.05, 3.63) is 53.8 Å². The number of thiol groups is 1. The molecule has 2 aromatic rings. The number of carbonyl (C=O) groups excluding carboxylic acids is 1. The first kappa shape index (κ1) is 19.6. The molecule has 3 aliphatic rings. The Morgan fingerprint density at radius 3 is 2.67 bits per heavy atom.